The molecule has 1 aromatic rings. The predicted octanol–water partition coefficient (Wildman–Crippen LogP) is 1.38. The van der Waals surface area contributed by atoms with Crippen molar-refractivity contribution in [1.82, 2.24) is 0 Å². The molecule has 0 spiro atoms. The summed E-state index contributed by atoms with van der Waals surface area (Å²) >= 11 is 0.283. The van der Waals surface area contributed by atoms with Crippen molar-refractivity contribution >= 4 is 56.4 Å². The first-order chi connectivity index (χ1) is 8.58. The molecule has 0 aliphatic rings. The van der Waals surface area contributed by atoms with Crippen molar-refractivity contribution in [1.29, 1.82) is 10.8 Å². The Kier molecular flexibility index (Phi) is 10.3. The average molecular weight is 457 g/mol. The van der Waals surface area contributed by atoms with E-state index < -0.39 is 0 Å². The summed E-state index contributed by atoms with van der Waals surface area (Å²) in [6, 6.07) is 8.58. The van der Waals surface area contributed by atoms with Crippen molar-refractivity contribution < 1.29 is 0 Å². The topological polar surface area (TPSA) is 99.7 Å². The van der Waals surface area contributed by atoms with Gasteiger partial charge in [-0.25, -0.2) is 0 Å². The predicted molar refractivity (Wildman–Crippen MR) is 89.1 cm³/mol. The molecule has 0 saturated heterocycles. The molecule has 0 aliphatic heterocycles. The van der Waals surface area contributed by atoms with Crippen molar-refractivity contribution in [2.45, 2.75) is 23.5 Å². The van der Waals surface area contributed by atoms with Gasteiger partial charge in [-0.1, -0.05) is 0 Å². The van der Waals surface area contributed by atoms with Gasteiger partial charge in [-0.2, -0.15) is 0 Å². The summed E-state index contributed by atoms with van der Waals surface area (Å²) in [6.45, 7) is 0. The van der Waals surface area contributed by atoms with Gasteiger partial charge in [0.1, 0.15) is 0 Å². The van der Waals surface area contributed by atoms with Crippen LogP contribution in [0.2, 0.25) is 10.6 Å². The third-order valence-corrected chi connectivity index (χ3v) is 5.34. The second-order valence-electron chi connectivity index (χ2n) is 3.74. The molecule has 0 aliphatic carbocycles. The van der Waals surface area contributed by atoms with Gasteiger partial charge in [-0.05, 0) is 0 Å². The number of hydrogen-bond acceptors (Lipinski definition) is 2. The van der Waals surface area contributed by atoms with E-state index in [0.717, 1.165) is 23.5 Å². The van der Waals surface area contributed by atoms with Crippen molar-refractivity contribution in [2.75, 3.05) is 0 Å². The molecule has 0 heterocycles. The zero-order valence-corrected chi connectivity index (χ0v) is 15.7. The van der Waals surface area contributed by atoms with Crippen LogP contribution in [0.5, 0.6) is 0 Å². The van der Waals surface area contributed by atoms with E-state index in [1.807, 2.05) is 0 Å². The Balaban J connectivity index is 0.00000324. The van der Waals surface area contributed by atoms with E-state index in [4.69, 9.17) is 22.3 Å². The molecule has 1 aromatic carbocycles. The zero-order chi connectivity index (χ0) is 13.4. The summed E-state index contributed by atoms with van der Waals surface area (Å²) in [5.74, 6) is 0. The maximum atomic E-state index is 7.18. The van der Waals surface area contributed by atoms with Crippen LogP contribution in [0.3, 0.4) is 0 Å². The zero-order valence-electron chi connectivity index (χ0n) is 10.5. The molecular weight excluding hydrogens is 438 g/mol. The molecule has 0 unspecified atom stereocenters. The molecule has 7 heteroatoms. The third-order valence-electron chi connectivity index (χ3n) is 2.32. The fourth-order valence-corrected chi connectivity index (χ4v) is 3.77. The molecule has 6 N–H and O–H groups in total. The molecule has 106 valence electrons. The fourth-order valence-electron chi connectivity index (χ4n) is 1.43. The van der Waals surface area contributed by atoms with E-state index in [-0.39, 0.29) is 46.9 Å². The van der Waals surface area contributed by atoms with Gasteiger partial charge in [0, 0.05) is 0 Å². The fraction of sp³-hybridized carbons (Fsp3) is 0.333. The van der Waals surface area contributed by atoms with Crippen LogP contribution in [-0.4, -0.2) is 39.4 Å². The van der Waals surface area contributed by atoms with Crippen LogP contribution in [0.4, 0.5) is 0 Å². The number of amidine groups is 2. The number of nitrogens with two attached hydrogens (primary N) is 2. The number of hydrogen-bond donors (Lipinski definition) is 4. The quantitative estimate of drug-likeness (QED) is 0.270. The average Bonchev–Trinajstić information content (AvgIpc) is 2.30. The van der Waals surface area contributed by atoms with Crippen molar-refractivity contribution in [3.63, 3.8) is 0 Å². The molecule has 4 nitrogen and oxygen atoms in total. The Labute approximate surface area is 137 Å². The summed E-state index contributed by atoms with van der Waals surface area (Å²) in [5.41, 5.74) is 13.3. The van der Waals surface area contributed by atoms with Crippen LogP contribution >= 0.6 is 17.0 Å². The molecule has 0 atom stereocenters. The second kappa shape index (κ2) is 10.5. The molecule has 0 fully saturated rings. The van der Waals surface area contributed by atoms with Crippen molar-refractivity contribution in [3.05, 3.63) is 35.4 Å². The number of benzene rings is 1. The van der Waals surface area contributed by atoms with Gasteiger partial charge >= 0.3 is 121 Å². The number of halogens is 1. The minimum absolute atomic E-state index is 0. The van der Waals surface area contributed by atoms with Gasteiger partial charge in [0.05, 0.1) is 0 Å². The standard InChI is InChI=1S/C12H18N4Se2.BrH/c13-11(14)17-7-5-9-1-2-10(4-3-9)6-8-18-12(15)16;/h1-4H,5-8H2,(H3,13,14)(H3,15,16);1H. The normalized spacial score (nSPS) is 9.68. The van der Waals surface area contributed by atoms with Gasteiger partial charge in [0.15, 0.2) is 0 Å². The Hall–Kier alpha value is -0.321. The van der Waals surface area contributed by atoms with Crippen LogP contribution < -0.4 is 11.5 Å². The molecule has 0 aromatic heterocycles. The summed E-state index contributed by atoms with van der Waals surface area (Å²) in [6.07, 6.45) is 1.99. The molecular formula is C12H19BrN4Se2. The van der Waals surface area contributed by atoms with E-state index in [0.29, 0.717) is 9.47 Å². The van der Waals surface area contributed by atoms with Gasteiger partial charge in [-0.15, -0.1) is 17.0 Å². The molecule has 0 saturated carbocycles. The minimum atomic E-state index is 0. The molecule has 0 bridgehead atoms. The second-order valence-corrected chi connectivity index (χ2v) is 8.51. The van der Waals surface area contributed by atoms with Crippen LogP contribution in [0.1, 0.15) is 11.1 Å². The number of rotatable bonds is 8. The van der Waals surface area contributed by atoms with Gasteiger partial charge in [-0.3, -0.25) is 0 Å². The SMILES string of the molecule is Br.N=C(N)[Se]CCc1ccc(CC[Se]C(=N)N)cc1. The number of nitrogens with one attached hydrogen (secondary N) is 2. The first kappa shape index (κ1) is 18.7. The van der Waals surface area contributed by atoms with E-state index in [2.05, 4.69) is 24.3 Å². The van der Waals surface area contributed by atoms with E-state index in [1.54, 1.807) is 0 Å². The summed E-state index contributed by atoms with van der Waals surface area (Å²) in [5, 5.41) is 16.4. The maximum absolute atomic E-state index is 7.18. The Morgan fingerprint density at radius 2 is 1.16 bits per heavy atom. The van der Waals surface area contributed by atoms with Crippen LogP contribution in [0, 0.1) is 10.8 Å². The van der Waals surface area contributed by atoms with Crippen LogP contribution in [-0.2, 0) is 12.8 Å². The van der Waals surface area contributed by atoms with E-state index in [1.165, 1.54) is 11.1 Å². The molecule has 0 radical (unpaired) electrons. The first-order valence-electron chi connectivity index (χ1n) is 5.59. The summed E-state index contributed by atoms with van der Waals surface area (Å²) in [4.78, 5) is 0. The van der Waals surface area contributed by atoms with Crippen molar-refractivity contribution in [3.8, 4) is 0 Å². The van der Waals surface area contributed by atoms with Crippen LogP contribution in [0.15, 0.2) is 24.3 Å². The van der Waals surface area contributed by atoms with Crippen molar-refractivity contribution in [2.24, 2.45) is 11.5 Å². The monoisotopic (exact) mass is 458 g/mol. The first-order valence-corrected chi connectivity index (χ1v) is 9.73. The molecule has 0 amide bonds. The Morgan fingerprint density at radius 1 is 0.842 bits per heavy atom. The Bertz CT molecular complexity index is 370. The molecule has 1 rings (SSSR count). The van der Waals surface area contributed by atoms with Gasteiger partial charge in [0.25, 0.3) is 0 Å². The van der Waals surface area contributed by atoms with Gasteiger partial charge in [0.2, 0.25) is 0 Å². The molecule has 19 heavy (non-hydrogen) atoms. The van der Waals surface area contributed by atoms with E-state index >= 15 is 0 Å². The Morgan fingerprint density at radius 3 is 1.42 bits per heavy atom. The van der Waals surface area contributed by atoms with E-state index in [9.17, 15) is 0 Å². The van der Waals surface area contributed by atoms with Gasteiger partial charge < -0.3 is 0 Å². The summed E-state index contributed by atoms with van der Waals surface area (Å²) in [7, 11) is 0. The number of aryl methyl sites for hydroxylation is 2. The summed E-state index contributed by atoms with van der Waals surface area (Å²) < 4.78 is 0.649. The van der Waals surface area contributed by atoms with Crippen LogP contribution in [0.25, 0.3) is 0 Å². The third kappa shape index (κ3) is 9.25.